The summed E-state index contributed by atoms with van der Waals surface area (Å²) >= 11 is 0. The van der Waals surface area contributed by atoms with Crippen molar-refractivity contribution in [3.8, 4) is 12.3 Å². The smallest absolute Gasteiger partial charge is 0.334 e. The first-order valence-corrected chi connectivity index (χ1v) is 11.5. The summed E-state index contributed by atoms with van der Waals surface area (Å²) in [6.07, 6.45) is 7.77. The van der Waals surface area contributed by atoms with Gasteiger partial charge >= 0.3 is 12.0 Å². The number of rotatable bonds is 6. The number of fused-ring (bicyclic) bond motifs is 1. The lowest BCUT2D eigenvalue weighted by Gasteiger charge is -2.55. The topological polar surface area (TPSA) is 114 Å². The second-order valence-corrected chi connectivity index (χ2v) is 8.84. The van der Waals surface area contributed by atoms with Gasteiger partial charge in [0.2, 0.25) is 11.8 Å². The average molecular weight is 468 g/mol. The van der Waals surface area contributed by atoms with E-state index in [1.165, 1.54) is 14.9 Å². The molecule has 4 amide bonds. The van der Waals surface area contributed by atoms with Crippen LogP contribution in [-0.4, -0.2) is 86.6 Å². The summed E-state index contributed by atoms with van der Waals surface area (Å²) in [5.74, 6) is 0.528. The number of piperazine rings is 1. The van der Waals surface area contributed by atoms with Gasteiger partial charge in [-0.2, -0.15) is 5.01 Å². The summed E-state index contributed by atoms with van der Waals surface area (Å²) in [6.45, 7) is 0.192. The second-order valence-electron chi connectivity index (χ2n) is 8.84. The number of nitrogens with one attached hydrogen (secondary N) is 1. The number of terminal acetylenes is 1. The lowest BCUT2D eigenvalue weighted by Crippen LogP contribution is -2.77. The molecule has 4 rings (SSSR count). The minimum absolute atomic E-state index is 0.0236. The van der Waals surface area contributed by atoms with E-state index >= 15 is 0 Å². The lowest BCUT2D eigenvalue weighted by molar-refractivity contribution is -0.192. The number of carbonyl (C=O) groups is 4. The van der Waals surface area contributed by atoms with Crippen LogP contribution < -0.4 is 5.32 Å². The molecule has 34 heavy (non-hydrogen) atoms. The summed E-state index contributed by atoms with van der Waals surface area (Å²) in [4.78, 5) is 54.4. The number of hydrazine groups is 1. The highest BCUT2D eigenvalue weighted by Gasteiger charge is 2.53. The number of carboxylic acid groups (broad SMARTS) is 1. The van der Waals surface area contributed by atoms with Crippen LogP contribution in [0.15, 0.2) is 30.3 Å². The van der Waals surface area contributed by atoms with Gasteiger partial charge in [-0.15, -0.1) is 6.42 Å². The average Bonchev–Trinajstić information content (AvgIpc) is 3.34. The summed E-state index contributed by atoms with van der Waals surface area (Å²) in [7, 11) is 0. The molecule has 10 nitrogen and oxygen atoms in total. The molecule has 2 N–H and O–H groups in total. The zero-order valence-corrected chi connectivity index (χ0v) is 18.9. The van der Waals surface area contributed by atoms with Gasteiger partial charge in [-0.1, -0.05) is 49.1 Å². The quantitative estimate of drug-likeness (QED) is 0.600. The van der Waals surface area contributed by atoms with Gasteiger partial charge < -0.3 is 20.2 Å². The molecule has 3 aliphatic rings. The van der Waals surface area contributed by atoms with Crippen LogP contribution in [0.5, 0.6) is 0 Å². The summed E-state index contributed by atoms with van der Waals surface area (Å²) < 4.78 is 0. The van der Waals surface area contributed by atoms with Crippen LogP contribution in [0.3, 0.4) is 0 Å². The van der Waals surface area contributed by atoms with E-state index in [1.807, 2.05) is 30.3 Å². The minimum Gasteiger partial charge on any atom is -0.481 e. The number of hydrogen-bond donors (Lipinski definition) is 2. The van der Waals surface area contributed by atoms with E-state index in [2.05, 4.69) is 11.2 Å². The van der Waals surface area contributed by atoms with Crippen molar-refractivity contribution in [2.45, 2.75) is 56.9 Å². The first kappa shape index (κ1) is 23.6. The van der Waals surface area contributed by atoms with E-state index in [4.69, 9.17) is 6.42 Å². The third-order valence-corrected chi connectivity index (χ3v) is 6.68. The molecule has 0 unspecified atom stereocenters. The van der Waals surface area contributed by atoms with Gasteiger partial charge in [0.1, 0.15) is 12.2 Å². The molecule has 1 aromatic rings. The van der Waals surface area contributed by atoms with E-state index in [1.54, 1.807) is 4.90 Å². The Balaban J connectivity index is 1.65. The molecule has 1 aliphatic carbocycles. The molecule has 0 aromatic heterocycles. The van der Waals surface area contributed by atoms with Gasteiger partial charge in [0.05, 0.1) is 26.1 Å². The fourth-order valence-corrected chi connectivity index (χ4v) is 5.16. The van der Waals surface area contributed by atoms with Crippen molar-refractivity contribution in [3.05, 3.63) is 35.9 Å². The number of amides is 4. The van der Waals surface area contributed by atoms with E-state index in [0.29, 0.717) is 0 Å². The lowest BCUT2D eigenvalue weighted by atomic mass is 10.0. The standard InChI is InChI=1S/C24H29N5O5/c1-2-12-26-16-21(30)28-19(13-22(31)32)23(33)27(18-10-6-7-11-18)15-20(28)29(26)24(34)25-14-17-8-4-3-5-9-17/h1,3-5,8-9,18-20H,6-7,10-16H2,(H,25,34)(H,31,32)/t19-,20-/m0/s1. The summed E-state index contributed by atoms with van der Waals surface area (Å²) in [5.41, 5.74) is 0.902. The maximum absolute atomic E-state index is 13.4. The predicted molar refractivity (Wildman–Crippen MR) is 122 cm³/mol. The minimum atomic E-state index is -1.18. The molecule has 180 valence electrons. The van der Waals surface area contributed by atoms with E-state index < -0.39 is 36.5 Å². The van der Waals surface area contributed by atoms with Crippen molar-refractivity contribution in [2.75, 3.05) is 19.6 Å². The van der Waals surface area contributed by atoms with E-state index in [0.717, 1.165) is 31.2 Å². The number of aliphatic carboxylic acids is 1. The monoisotopic (exact) mass is 467 g/mol. The number of carbonyl (C=O) groups excluding carboxylic acids is 3. The Morgan fingerprint density at radius 3 is 2.50 bits per heavy atom. The Morgan fingerprint density at radius 1 is 1.15 bits per heavy atom. The van der Waals surface area contributed by atoms with E-state index in [9.17, 15) is 24.3 Å². The molecule has 1 aromatic carbocycles. The Bertz CT molecular complexity index is 987. The predicted octanol–water partition coefficient (Wildman–Crippen LogP) is 0.845. The second kappa shape index (κ2) is 10.1. The molecule has 0 radical (unpaired) electrons. The Morgan fingerprint density at radius 2 is 1.85 bits per heavy atom. The van der Waals surface area contributed by atoms with Crippen molar-refractivity contribution < 1.29 is 24.3 Å². The molecular formula is C24H29N5O5. The van der Waals surface area contributed by atoms with Crippen molar-refractivity contribution in [1.29, 1.82) is 0 Å². The number of hydrogen-bond acceptors (Lipinski definition) is 5. The molecule has 0 spiro atoms. The third-order valence-electron chi connectivity index (χ3n) is 6.68. The Hall–Kier alpha value is -3.58. The van der Waals surface area contributed by atoms with Gasteiger partial charge in [-0.3, -0.25) is 14.4 Å². The molecule has 0 bridgehead atoms. The molecule has 3 fully saturated rings. The van der Waals surface area contributed by atoms with Gasteiger partial charge in [0.25, 0.3) is 0 Å². The molecule has 2 heterocycles. The molecule has 2 aliphatic heterocycles. The van der Waals surface area contributed by atoms with Crippen LogP contribution in [0.1, 0.15) is 37.7 Å². The SMILES string of the molecule is C#CCN1CC(=O)N2[C@@H](CC(=O)O)C(=O)N(C3CCCC3)C[C@@H]2N1C(=O)NCc1ccccc1. The van der Waals surface area contributed by atoms with Crippen molar-refractivity contribution in [2.24, 2.45) is 0 Å². The van der Waals surface area contributed by atoms with Crippen LogP contribution in [0.4, 0.5) is 4.79 Å². The molecule has 2 saturated heterocycles. The highest BCUT2D eigenvalue weighted by atomic mass is 16.4. The van der Waals surface area contributed by atoms with Gasteiger partial charge in [-0.25, -0.2) is 9.80 Å². The zero-order valence-electron chi connectivity index (χ0n) is 18.9. The number of carboxylic acids is 1. The maximum atomic E-state index is 13.4. The fraction of sp³-hybridized carbons (Fsp3) is 0.500. The highest BCUT2D eigenvalue weighted by molar-refractivity contribution is 5.93. The van der Waals surface area contributed by atoms with Crippen molar-refractivity contribution in [1.82, 2.24) is 25.1 Å². The molecule has 10 heteroatoms. The fourth-order valence-electron chi connectivity index (χ4n) is 5.16. The number of nitrogens with zero attached hydrogens (tertiary/aromatic N) is 4. The maximum Gasteiger partial charge on any atom is 0.334 e. The highest BCUT2D eigenvalue weighted by Crippen LogP contribution is 2.32. The van der Waals surface area contributed by atoms with Gasteiger partial charge in [0.15, 0.2) is 0 Å². The largest absolute Gasteiger partial charge is 0.481 e. The first-order chi connectivity index (χ1) is 16.4. The first-order valence-electron chi connectivity index (χ1n) is 11.5. The van der Waals surface area contributed by atoms with Gasteiger partial charge in [-0.05, 0) is 18.4 Å². The van der Waals surface area contributed by atoms with Crippen molar-refractivity contribution in [3.63, 3.8) is 0 Å². The third kappa shape index (κ3) is 4.70. The normalized spacial score (nSPS) is 23.6. The van der Waals surface area contributed by atoms with Crippen LogP contribution in [0.25, 0.3) is 0 Å². The Labute approximate surface area is 198 Å². The molecule has 1 saturated carbocycles. The number of urea groups is 1. The molecule has 2 atom stereocenters. The Kier molecular flexibility index (Phi) is 7.03. The van der Waals surface area contributed by atoms with Crippen LogP contribution in [0, 0.1) is 12.3 Å². The van der Waals surface area contributed by atoms with Crippen LogP contribution in [-0.2, 0) is 20.9 Å². The van der Waals surface area contributed by atoms with E-state index in [-0.39, 0.29) is 38.1 Å². The molecular weight excluding hydrogens is 438 g/mol. The number of benzene rings is 1. The van der Waals surface area contributed by atoms with Crippen molar-refractivity contribution >= 4 is 23.8 Å². The zero-order chi connectivity index (χ0) is 24.2. The van der Waals surface area contributed by atoms with Gasteiger partial charge in [0, 0.05) is 12.6 Å². The van der Waals surface area contributed by atoms with Crippen LogP contribution in [0.2, 0.25) is 0 Å². The van der Waals surface area contributed by atoms with Crippen LogP contribution >= 0.6 is 0 Å². The summed E-state index contributed by atoms with van der Waals surface area (Å²) in [6, 6.07) is 7.74. The summed E-state index contributed by atoms with van der Waals surface area (Å²) in [5, 5.41) is 15.3.